The van der Waals surface area contributed by atoms with Crippen molar-refractivity contribution in [1.29, 1.82) is 0 Å². The number of carbonyl (C=O) groups is 3. The van der Waals surface area contributed by atoms with Gasteiger partial charge in [0.25, 0.3) is 11.1 Å². The van der Waals surface area contributed by atoms with Gasteiger partial charge in [-0.3, -0.25) is 24.0 Å². The zero-order valence-electron chi connectivity index (χ0n) is 15.5. The third-order valence-corrected chi connectivity index (χ3v) is 6.36. The summed E-state index contributed by atoms with van der Waals surface area (Å²) in [4.78, 5) is 37.2. The summed E-state index contributed by atoms with van der Waals surface area (Å²) in [5.41, 5.74) is 1.65. The Bertz CT molecular complexity index is 1040. The summed E-state index contributed by atoms with van der Waals surface area (Å²) < 4.78 is 26.1. The van der Waals surface area contributed by atoms with Gasteiger partial charge in [-0.2, -0.15) is 0 Å². The average Bonchev–Trinajstić information content (AvgIpc) is 3.01. The van der Waals surface area contributed by atoms with E-state index in [0.29, 0.717) is 5.69 Å². The molecule has 8 nitrogen and oxygen atoms in total. The molecule has 1 aliphatic heterocycles. The van der Waals surface area contributed by atoms with E-state index < -0.39 is 15.9 Å². The summed E-state index contributed by atoms with van der Waals surface area (Å²) in [6.45, 7) is 1.69. The molecule has 3 rings (SSSR count). The predicted octanol–water partition coefficient (Wildman–Crippen LogP) is 2.90. The zero-order valence-corrected chi connectivity index (χ0v) is 17.2. The number of hydrogen-bond donors (Lipinski definition) is 2. The lowest BCUT2D eigenvalue weighted by Crippen LogP contribution is -2.27. The molecule has 0 radical (unpaired) electrons. The summed E-state index contributed by atoms with van der Waals surface area (Å²) in [6.07, 6.45) is 0. The fraction of sp³-hybridized carbons (Fsp3) is 0.211. The number of thioether (sulfide) groups is 1. The molecule has 10 heteroatoms. The van der Waals surface area contributed by atoms with E-state index in [1.54, 1.807) is 36.4 Å². The van der Waals surface area contributed by atoms with Crippen LogP contribution in [0.1, 0.15) is 22.8 Å². The number of nitrogens with zero attached hydrogens (tertiary/aromatic N) is 1. The number of para-hydroxylation sites is 1. The van der Waals surface area contributed by atoms with Gasteiger partial charge in [-0.05, 0) is 36.8 Å². The summed E-state index contributed by atoms with van der Waals surface area (Å²) in [7, 11) is -3.52. The van der Waals surface area contributed by atoms with Gasteiger partial charge in [0.1, 0.15) is 0 Å². The molecule has 1 saturated heterocycles. The smallest absolute Gasteiger partial charge is 0.289 e. The van der Waals surface area contributed by atoms with Gasteiger partial charge in [0, 0.05) is 5.69 Å². The van der Waals surface area contributed by atoms with Crippen LogP contribution in [0.2, 0.25) is 0 Å². The van der Waals surface area contributed by atoms with Crippen LogP contribution < -0.4 is 10.0 Å². The Kier molecular flexibility index (Phi) is 6.23. The number of anilines is 2. The summed E-state index contributed by atoms with van der Waals surface area (Å²) >= 11 is 0.980. The van der Waals surface area contributed by atoms with E-state index in [-0.39, 0.29) is 40.4 Å². The highest BCUT2D eigenvalue weighted by Gasteiger charge is 2.29. The topological polar surface area (TPSA) is 113 Å². The molecule has 1 aliphatic rings. The van der Waals surface area contributed by atoms with E-state index in [2.05, 4.69) is 10.0 Å². The van der Waals surface area contributed by atoms with Gasteiger partial charge in [-0.1, -0.05) is 36.0 Å². The number of rotatable bonds is 7. The largest absolute Gasteiger partial charge is 0.322 e. The number of imide groups is 1. The molecule has 0 aliphatic carbocycles. The lowest BCUT2D eigenvalue weighted by Gasteiger charge is -2.14. The molecule has 2 aromatic carbocycles. The predicted molar refractivity (Wildman–Crippen MR) is 112 cm³/mol. The van der Waals surface area contributed by atoms with Crippen molar-refractivity contribution < 1.29 is 22.8 Å². The van der Waals surface area contributed by atoms with Crippen LogP contribution >= 0.6 is 11.8 Å². The molecule has 0 unspecified atom stereocenters. The first kappa shape index (κ1) is 20.9. The van der Waals surface area contributed by atoms with Crippen molar-refractivity contribution in [3.8, 4) is 0 Å². The first-order chi connectivity index (χ1) is 13.8. The number of hydrogen-bond acceptors (Lipinski definition) is 6. The Hall–Kier alpha value is -2.85. The van der Waals surface area contributed by atoms with Crippen molar-refractivity contribution >= 4 is 50.2 Å². The molecular weight excluding hydrogens is 414 g/mol. The molecule has 0 aromatic heterocycles. The van der Waals surface area contributed by atoms with Crippen LogP contribution in [0.4, 0.5) is 16.2 Å². The number of amides is 3. The minimum absolute atomic E-state index is 0.106. The Labute approximate surface area is 172 Å². The summed E-state index contributed by atoms with van der Waals surface area (Å²) in [6, 6.07) is 13.1. The monoisotopic (exact) mass is 433 g/mol. The molecule has 29 heavy (non-hydrogen) atoms. The number of sulfonamides is 1. The quantitative estimate of drug-likeness (QED) is 0.694. The Morgan fingerprint density at radius 2 is 1.79 bits per heavy atom. The maximum absolute atomic E-state index is 12.6. The minimum Gasteiger partial charge on any atom is -0.322 e. The lowest BCUT2D eigenvalue weighted by molar-refractivity contribution is -0.125. The van der Waals surface area contributed by atoms with Crippen LogP contribution in [0.25, 0.3) is 0 Å². The first-order valence-corrected chi connectivity index (χ1v) is 11.4. The van der Waals surface area contributed by atoms with Crippen molar-refractivity contribution in [2.45, 2.75) is 13.5 Å². The van der Waals surface area contributed by atoms with Gasteiger partial charge in [0.15, 0.2) is 0 Å². The Balaban J connectivity index is 1.70. The van der Waals surface area contributed by atoms with Crippen LogP contribution in [0.3, 0.4) is 0 Å². The molecule has 1 fully saturated rings. The normalized spacial score (nSPS) is 14.2. The zero-order chi connectivity index (χ0) is 21.0. The van der Waals surface area contributed by atoms with Crippen molar-refractivity contribution in [2.24, 2.45) is 0 Å². The highest BCUT2D eigenvalue weighted by molar-refractivity contribution is 8.14. The van der Waals surface area contributed by atoms with Gasteiger partial charge < -0.3 is 5.32 Å². The second-order valence-corrected chi connectivity index (χ2v) is 9.17. The lowest BCUT2D eigenvalue weighted by atomic mass is 10.1. The van der Waals surface area contributed by atoms with E-state index in [0.717, 1.165) is 17.3 Å². The molecule has 3 amide bonds. The molecule has 0 spiro atoms. The standard InChI is InChI=1S/C19H19N3O5S2/c1-2-29(26,27)21-16-6-4-3-5-15(16)18(24)20-14-9-7-13(8-10-14)11-22-17(23)12-28-19(22)25/h3-10,21H,2,11-12H2,1H3,(H,20,24). The fourth-order valence-electron chi connectivity index (χ4n) is 2.62. The average molecular weight is 434 g/mol. The second kappa shape index (κ2) is 8.66. The van der Waals surface area contributed by atoms with Crippen molar-refractivity contribution in [3.63, 3.8) is 0 Å². The van der Waals surface area contributed by atoms with E-state index in [9.17, 15) is 22.8 Å². The summed E-state index contributed by atoms with van der Waals surface area (Å²) in [5.74, 6) is -0.629. The second-order valence-electron chi connectivity index (χ2n) is 6.24. The van der Waals surface area contributed by atoms with Crippen molar-refractivity contribution in [1.82, 2.24) is 4.90 Å². The van der Waals surface area contributed by atoms with Gasteiger partial charge in [0.2, 0.25) is 15.9 Å². The fourth-order valence-corrected chi connectivity index (χ4v) is 4.00. The highest BCUT2D eigenvalue weighted by atomic mass is 32.2. The van der Waals surface area contributed by atoms with Crippen LogP contribution in [-0.4, -0.2) is 41.9 Å². The van der Waals surface area contributed by atoms with Gasteiger partial charge in [-0.25, -0.2) is 8.42 Å². The van der Waals surface area contributed by atoms with Crippen LogP contribution in [0.15, 0.2) is 48.5 Å². The maximum atomic E-state index is 12.6. The van der Waals surface area contributed by atoms with E-state index in [1.807, 2.05) is 0 Å². The third kappa shape index (κ3) is 5.15. The minimum atomic E-state index is -3.52. The van der Waals surface area contributed by atoms with Crippen LogP contribution in [-0.2, 0) is 21.4 Å². The molecule has 2 N–H and O–H groups in total. The van der Waals surface area contributed by atoms with Gasteiger partial charge >= 0.3 is 0 Å². The van der Waals surface area contributed by atoms with Gasteiger partial charge in [0.05, 0.1) is 29.3 Å². The van der Waals surface area contributed by atoms with Crippen molar-refractivity contribution in [2.75, 3.05) is 21.5 Å². The highest BCUT2D eigenvalue weighted by Crippen LogP contribution is 2.23. The van der Waals surface area contributed by atoms with Crippen molar-refractivity contribution in [3.05, 3.63) is 59.7 Å². The third-order valence-electron chi connectivity index (χ3n) is 4.21. The number of nitrogens with one attached hydrogen (secondary N) is 2. The molecule has 0 bridgehead atoms. The number of carbonyl (C=O) groups excluding carboxylic acids is 3. The van der Waals surface area contributed by atoms with E-state index in [4.69, 9.17) is 0 Å². The van der Waals surface area contributed by atoms with E-state index in [1.165, 1.54) is 24.0 Å². The maximum Gasteiger partial charge on any atom is 0.289 e. The first-order valence-electron chi connectivity index (χ1n) is 8.76. The molecular formula is C19H19N3O5S2. The molecule has 0 atom stereocenters. The molecule has 1 heterocycles. The number of benzene rings is 2. The van der Waals surface area contributed by atoms with Crippen LogP contribution in [0, 0.1) is 0 Å². The summed E-state index contributed by atoms with van der Waals surface area (Å²) in [5, 5.41) is 2.45. The molecule has 0 saturated carbocycles. The Morgan fingerprint density at radius 1 is 1.10 bits per heavy atom. The SMILES string of the molecule is CCS(=O)(=O)Nc1ccccc1C(=O)Nc1ccc(CN2C(=O)CSC2=O)cc1. The molecule has 152 valence electrons. The Morgan fingerprint density at radius 3 is 2.41 bits per heavy atom. The van der Waals surface area contributed by atoms with Crippen LogP contribution in [0.5, 0.6) is 0 Å². The van der Waals surface area contributed by atoms with E-state index >= 15 is 0 Å². The molecule has 2 aromatic rings. The van der Waals surface area contributed by atoms with Gasteiger partial charge in [-0.15, -0.1) is 0 Å².